The number of aromatic nitrogens is 1. The average Bonchev–Trinajstić information content (AvgIpc) is 2.51. The first kappa shape index (κ1) is 15.1. The highest BCUT2D eigenvalue weighted by Gasteiger charge is 2.00. The maximum Gasteiger partial charge on any atom is 0.122 e. The van der Waals surface area contributed by atoms with Crippen LogP contribution in [0, 0.1) is 18.8 Å². The van der Waals surface area contributed by atoms with Crippen molar-refractivity contribution in [2.24, 2.45) is 0 Å². The number of rotatable bonds is 5. The topological polar surface area (TPSA) is 42.4 Å². The molecule has 1 aromatic heterocycles. The molecule has 0 aliphatic carbocycles. The van der Waals surface area contributed by atoms with Crippen LogP contribution in [-0.2, 0) is 6.42 Å². The fourth-order valence-corrected chi connectivity index (χ4v) is 1.94. The van der Waals surface area contributed by atoms with Crippen molar-refractivity contribution in [3.8, 4) is 17.6 Å². The van der Waals surface area contributed by atoms with E-state index in [4.69, 9.17) is 9.84 Å². The summed E-state index contributed by atoms with van der Waals surface area (Å²) in [7, 11) is 0. The molecule has 0 radical (unpaired) electrons. The second-order valence-electron chi connectivity index (χ2n) is 4.71. The number of benzene rings is 1. The van der Waals surface area contributed by atoms with Crippen molar-refractivity contribution >= 4 is 0 Å². The number of hydrogen-bond acceptors (Lipinski definition) is 3. The molecule has 108 valence electrons. The standard InChI is InChI=1S/C18H19NO2/c1-15-14-17(4-2-3-12-20)5-6-18(15)21-13-9-16-7-10-19-11-8-16/h5-8,10-11,14,20H,3,9,12-13H2,1H3. The molecule has 0 atom stereocenters. The number of hydrogen-bond donors (Lipinski definition) is 1. The fourth-order valence-electron chi connectivity index (χ4n) is 1.94. The van der Waals surface area contributed by atoms with Gasteiger partial charge in [0.1, 0.15) is 5.75 Å². The predicted octanol–water partition coefficient (Wildman–Crippen LogP) is 2.75. The molecule has 0 saturated carbocycles. The normalized spacial score (nSPS) is 9.81. The molecule has 0 bridgehead atoms. The maximum atomic E-state index is 8.71. The summed E-state index contributed by atoms with van der Waals surface area (Å²) >= 11 is 0. The summed E-state index contributed by atoms with van der Waals surface area (Å²) in [6, 6.07) is 9.89. The highest BCUT2D eigenvalue weighted by molar-refractivity contribution is 5.43. The van der Waals surface area contributed by atoms with Crippen LogP contribution in [0.2, 0.25) is 0 Å². The van der Waals surface area contributed by atoms with Crippen molar-refractivity contribution < 1.29 is 9.84 Å². The molecule has 0 unspecified atom stereocenters. The molecule has 1 heterocycles. The van der Waals surface area contributed by atoms with E-state index >= 15 is 0 Å². The molecule has 0 spiro atoms. The molecule has 0 fully saturated rings. The van der Waals surface area contributed by atoms with Gasteiger partial charge in [0, 0.05) is 30.8 Å². The van der Waals surface area contributed by atoms with E-state index in [9.17, 15) is 0 Å². The average molecular weight is 281 g/mol. The first-order valence-electron chi connectivity index (χ1n) is 7.01. The molecule has 2 rings (SSSR count). The van der Waals surface area contributed by atoms with Crippen LogP contribution in [0.4, 0.5) is 0 Å². The van der Waals surface area contributed by atoms with E-state index in [1.807, 2.05) is 37.3 Å². The second-order valence-corrected chi connectivity index (χ2v) is 4.71. The van der Waals surface area contributed by atoms with Gasteiger partial charge in [-0.15, -0.1) is 0 Å². The lowest BCUT2D eigenvalue weighted by atomic mass is 10.1. The molecule has 1 aromatic carbocycles. The Morgan fingerprint density at radius 3 is 2.71 bits per heavy atom. The fraction of sp³-hybridized carbons (Fsp3) is 0.278. The Kier molecular flexibility index (Phi) is 5.81. The SMILES string of the molecule is Cc1cc(C#CCCO)ccc1OCCc1ccncc1. The van der Waals surface area contributed by atoms with E-state index in [2.05, 4.69) is 16.8 Å². The smallest absolute Gasteiger partial charge is 0.122 e. The van der Waals surface area contributed by atoms with Crippen LogP contribution in [0.1, 0.15) is 23.1 Å². The van der Waals surface area contributed by atoms with E-state index < -0.39 is 0 Å². The van der Waals surface area contributed by atoms with Gasteiger partial charge >= 0.3 is 0 Å². The summed E-state index contributed by atoms with van der Waals surface area (Å²) in [5, 5.41) is 8.71. The van der Waals surface area contributed by atoms with Gasteiger partial charge in [0.05, 0.1) is 13.2 Å². The highest BCUT2D eigenvalue weighted by atomic mass is 16.5. The number of pyridine rings is 1. The van der Waals surface area contributed by atoms with E-state index in [1.165, 1.54) is 5.56 Å². The number of nitrogens with zero attached hydrogens (tertiary/aromatic N) is 1. The Morgan fingerprint density at radius 2 is 2.00 bits per heavy atom. The Bertz CT molecular complexity index is 627. The number of aliphatic hydroxyl groups excluding tert-OH is 1. The van der Waals surface area contributed by atoms with Gasteiger partial charge in [0.15, 0.2) is 0 Å². The van der Waals surface area contributed by atoms with E-state index in [-0.39, 0.29) is 6.61 Å². The van der Waals surface area contributed by atoms with Gasteiger partial charge in [-0.25, -0.2) is 0 Å². The van der Waals surface area contributed by atoms with E-state index in [0.29, 0.717) is 13.0 Å². The van der Waals surface area contributed by atoms with E-state index in [0.717, 1.165) is 23.3 Å². The van der Waals surface area contributed by atoms with Gasteiger partial charge in [0.2, 0.25) is 0 Å². The second kappa shape index (κ2) is 8.08. The molecule has 21 heavy (non-hydrogen) atoms. The zero-order chi connectivity index (χ0) is 14.9. The zero-order valence-corrected chi connectivity index (χ0v) is 12.2. The minimum Gasteiger partial charge on any atom is -0.493 e. The van der Waals surface area contributed by atoms with Gasteiger partial charge in [-0.3, -0.25) is 4.98 Å². The van der Waals surface area contributed by atoms with Crippen LogP contribution in [0.15, 0.2) is 42.7 Å². The number of aryl methyl sites for hydroxylation is 1. The molecule has 3 heteroatoms. The molecular weight excluding hydrogens is 262 g/mol. The lowest BCUT2D eigenvalue weighted by Gasteiger charge is -2.09. The molecule has 3 nitrogen and oxygen atoms in total. The zero-order valence-electron chi connectivity index (χ0n) is 12.2. The summed E-state index contributed by atoms with van der Waals surface area (Å²) in [6.07, 6.45) is 4.95. The quantitative estimate of drug-likeness (QED) is 0.857. The molecule has 0 aliphatic heterocycles. The van der Waals surface area contributed by atoms with Crippen LogP contribution < -0.4 is 4.74 Å². The monoisotopic (exact) mass is 281 g/mol. The third-order valence-corrected chi connectivity index (χ3v) is 3.04. The summed E-state index contributed by atoms with van der Waals surface area (Å²) in [4.78, 5) is 4.00. The molecule has 2 aromatic rings. The van der Waals surface area contributed by atoms with Crippen LogP contribution in [0.5, 0.6) is 5.75 Å². The Hall–Kier alpha value is -2.31. The van der Waals surface area contributed by atoms with Crippen molar-refractivity contribution in [3.63, 3.8) is 0 Å². The lowest BCUT2D eigenvalue weighted by Crippen LogP contribution is -2.02. The molecule has 0 aliphatic rings. The molecular formula is C18H19NO2. The van der Waals surface area contributed by atoms with Crippen molar-refractivity contribution in [2.45, 2.75) is 19.8 Å². The summed E-state index contributed by atoms with van der Waals surface area (Å²) < 4.78 is 5.81. The predicted molar refractivity (Wildman–Crippen MR) is 83.2 cm³/mol. The lowest BCUT2D eigenvalue weighted by molar-refractivity contribution is 0.305. The van der Waals surface area contributed by atoms with Gasteiger partial charge in [-0.1, -0.05) is 11.8 Å². The van der Waals surface area contributed by atoms with Crippen molar-refractivity contribution in [3.05, 3.63) is 59.4 Å². The van der Waals surface area contributed by atoms with Crippen LogP contribution in [0.25, 0.3) is 0 Å². The van der Waals surface area contributed by atoms with Gasteiger partial charge in [-0.2, -0.15) is 0 Å². The molecule has 0 amide bonds. The minimum atomic E-state index is 0.0994. The van der Waals surface area contributed by atoms with Crippen molar-refractivity contribution in [2.75, 3.05) is 13.2 Å². The Morgan fingerprint density at radius 1 is 1.19 bits per heavy atom. The van der Waals surface area contributed by atoms with Gasteiger partial charge < -0.3 is 9.84 Å². The Labute approximate surface area is 125 Å². The number of ether oxygens (including phenoxy) is 1. The Balaban J connectivity index is 1.91. The summed E-state index contributed by atoms with van der Waals surface area (Å²) in [6.45, 7) is 2.75. The molecule has 1 N–H and O–H groups in total. The maximum absolute atomic E-state index is 8.71. The highest BCUT2D eigenvalue weighted by Crippen LogP contribution is 2.19. The largest absolute Gasteiger partial charge is 0.493 e. The van der Waals surface area contributed by atoms with Crippen molar-refractivity contribution in [1.29, 1.82) is 0 Å². The number of aliphatic hydroxyl groups is 1. The van der Waals surface area contributed by atoms with Crippen LogP contribution >= 0.6 is 0 Å². The van der Waals surface area contributed by atoms with Crippen LogP contribution in [-0.4, -0.2) is 23.3 Å². The van der Waals surface area contributed by atoms with Crippen LogP contribution in [0.3, 0.4) is 0 Å². The summed E-state index contributed by atoms with van der Waals surface area (Å²) in [5.74, 6) is 6.82. The first-order chi connectivity index (χ1) is 10.3. The summed E-state index contributed by atoms with van der Waals surface area (Å²) in [5.41, 5.74) is 3.23. The van der Waals surface area contributed by atoms with Gasteiger partial charge in [0.25, 0.3) is 0 Å². The third-order valence-electron chi connectivity index (χ3n) is 3.04. The first-order valence-corrected chi connectivity index (χ1v) is 7.01. The van der Waals surface area contributed by atoms with Gasteiger partial charge in [-0.05, 0) is 48.4 Å². The minimum absolute atomic E-state index is 0.0994. The van der Waals surface area contributed by atoms with E-state index in [1.54, 1.807) is 12.4 Å². The third kappa shape index (κ3) is 4.94. The van der Waals surface area contributed by atoms with Crippen molar-refractivity contribution in [1.82, 2.24) is 4.98 Å². The molecule has 0 saturated heterocycles.